The summed E-state index contributed by atoms with van der Waals surface area (Å²) in [5.74, 6) is 1.35. The van der Waals surface area contributed by atoms with Gasteiger partial charge in [-0.15, -0.1) is 0 Å². The first-order valence-electron chi connectivity index (χ1n) is 9.90. The maximum Gasteiger partial charge on any atom is 0.223 e. The molecule has 1 aromatic heterocycles. The van der Waals surface area contributed by atoms with Crippen molar-refractivity contribution in [3.8, 4) is 0 Å². The van der Waals surface area contributed by atoms with Crippen LogP contribution in [0, 0.1) is 25.7 Å². The van der Waals surface area contributed by atoms with E-state index in [4.69, 9.17) is 4.74 Å². The average Bonchev–Trinajstić information content (AvgIpc) is 3.28. The van der Waals surface area contributed by atoms with E-state index in [-0.39, 0.29) is 11.5 Å². The summed E-state index contributed by atoms with van der Waals surface area (Å²) in [6.45, 7) is 6.84. The molecule has 0 unspecified atom stereocenters. The van der Waals surface area contributed by atoms with Crippen LogP contribution >= 0.6 is 0 Å². The first kappa shape index (κ1) is 18.0. The van der Waals surface area contributed by atoms with E-state index >= 15 is 0 Å². The Hall–Kier alpha value is -1.40. The van der Waals surface area contributed by atoms with Gasteiger partial charge in [0.2, 0.25) is 5.91 Å². The van der Waals surface area contributed by atoms with E-state index in [1.165, 1.54) is 11.3 Å². The lowest BCUT2D eigenvalue weighted by molar-refractivity contribution is -0.131. The standard InChI is InChI=1S/C20H32N4O2/c1-13-15(14(2)23(5)21-13)6-7-19(25)24-11-17-16(10-22(3)4)18-8-9-20(17,12-24)26-18/h16-18H,6-12H2,1-5H3/t16-,17+,18+,20+/m1/s1. The Balaban J connectivity index is 1.41. The highest BCUT2D eigenvalue weighted by molar-refractivity contribution is 5.77. The summed E-state index contributed by atoms with van der Waals surface area (Å²) in [5, 5.41) is 4.47. The molecule has 6 nitrogen and oxygen atoms in total. The molecule has 3 aliphatic rings. The zero-order chi connectivity index (χ0) is 18.6. The molecular formula is C20H32N4O2. The Morgan fingerprint density at radius 1 is 1.38 bits per heavy atom. The predicted molar refractivity (Wildman–Crippen MR) is 100.0 cm³/mol. The fourth-order valence-corrected chi connectivity index (χ4v) is 5.62. The zero-order valence-electron chi connectivity index (χ0n) is 16.8. The quantitative estimate of drug-likeness (QED) is 0.799. The van der Waals surface area contributed by atoms with Gasteiger partial charge in [0.15, 0.2) is 0 Å². The van der Waals surface area contributed by atoms with Crippen LogP contribution in [-0.4, -0.2) is 70.9 Å². The molecule has 144 valence electrons. The zero-order valence-corrected chi connectivity index (χ0v) is 16.8. The second-order valence-electron chi connectivity index (χ2n) is 8.84. The number of rotatable bonds is 5. The summed E-state index contributed by atoms with van der Waals surface area (Å²) in [5.41, 5.74) is 3.38. The second kappa shape index (κ2) is 6.34. The van der Waals surface area contributed by atoms with E-state index in [9.17, 15) is 4.79 Å². The second-order valence-corrected chi connectivity index (χ2v) is 8.84. The molecule has 0 saturated carbocycles. The molecule has 2 bridgehead atoms. The van der Waals surface area contributed by atoms with Gasteiger partial charge in [-0.05, 0) is 52.8 Å². The Bertz CT molecular complexity index is 713. The highest BCUT2D eigenvalue weighted by Crippen LogP contribution is 2.54. The molecule has 6 heteroatoms. The summed E-state index contributed by atoms with van der Waals surface area (Å²) in [6.07, 6.45) is 4.03. The van der Waals surface area contributed by atoms with Crippen LogP contribution in [0.3, 0.4) is 0 Å². The van der Waals surface area contributed by atoms with Gasteiger partial charge in [-0.2, -0.15) is 5.10 Å². The average molecular weight is 361 g/mol. The molecule has 1 amide bonds. The molecular weight excluding hydrogens is 328 g/mol. The van der Waals surface area contributed by atoms with Gasteiger partial charge < -0.3 is 14.5 Å². The van der Waals surface area contributed by atoms with Crippen molar-refractivity contribution in [3.63, 3.8) is 0 Å². The summed E-state index contributed by atoms with van der Waals surface area (Å²) < 4.78 is 8.36. The number of fused-ring (bicyclic) bond motifs is 1. The number of hydrogen-bond acceptors (Lipinski definition) is 4. The first-order chi connectivity index (χ1) is 12.3. The van der Waals surface area contributed by atoms with E-state index in [0.29, 0.717) is 24.4 Å². The van der Waals surface area contributed by atoms with Crippen molar-refractivity contribution in [2.45, 2.75) is 51.2 Å². The third-order valence-corrected chi connectivity index (χ3v) is 6.96. The number of ether oxygens (including phenoxy) is 1. The number of carbonyl (C=O) groups excluding carboxylic acids is 1. The molecule has 0 aliphatic carbocycles. The minimum Gasteiger partial charge on any atom is -0.369 e. The van der Waals surface area contributed by atoms with Crippen molar-refractivity contribution in [2.75, 3.05) is 33.7 Å². The van der Waals surface area contributed by atoms with Crippen LogP contribution in [0.1, 0.15) is 36.2 Å². The molecule has 4 rings (SSSR count). The highest BCUT2D eigenvalue weighted by atomic mass is 16.5. The number of amides is 1. The number of likely N-dealkylation sites (tertiary alicyclic amines) is 1. The van der Waals surface area contributed by atoms with E-state index in [1.807, 2.05) is 18.7 Å². The number of aromatic nitrogens is 2. The Labute approximate surface area is 156 Å². The molecule has 4 atom stereocenters. The summed E-state index contributed by atoms with van der Waals surface area (Å²) >= 11 is 0. The monoisotopic (exact) mass is 360 g/mol. The third-order valence-electron chi connectivity index (χ3n) is 6.96. The molecule has 3 fully saturated rings. The molecule has 3 aliphatic heterocycles. The smallest absolute Gasteiger partial charge is 0.223 e. The van der Waals surface area contributed by atoms with Gasteiger partial charge in [0.1, 0.15) is 0 Å². The minimum absolute atomic E-state index is 0.0544. The number of carbonyl (C=O) groups is 1. The van der Waals surface area contributed by atoms with E-state index in [1.54, 1.807) is 0 Å². The summed E-state index contributed by atoms with van der Waals surface area (Å²) in [7, 11) is 6.23. The fraction of sp³-hybridized carbons (Fsp3) is 0.800. The fourth-order valence-electron chi connectivity index (χ4n) is 5.62. The maximum atomic E-state index is 12.9. The normalized spacial score (nSPS) is 32.7. The molecule has 26 heavy (non-hydrogen) atoms. The first-order valence-corrected chi connectivity index (χ1v) is 9.90. The van der Waals surface area contributed by atoms with Crippen LogP contribution in [0.4, 0.5) is 0 Å². The van der Waals surface area contributed by atoms with Crippen molar-refractivity contribution >= 4 is 5.91 Å². The molecule has 0 aromatic carbocycles. The van der Waals surface area contributed by atoms with Crippen molar-refractivity contribution in [1.29, 1.82) is 0 Å². The third kappa shape index (κ3) is 2.78. The minimum atomic E-state index is -0.0544. The Kier molecular flexibility index (Phi) is 4.39. The lowest BCUT2D eigenvalue weighted by Crippen LogP contribution is -2.40. The molecule has 0 radical (unpaired) electrons. The van der Waals surface area contributed by atoms with Gasteiger partial charge >= 0.3 is 0 Å². The largest absolute Gasteiger partial charge is 0.369 e. The van der Waals surface area contributed by atoms with Crippen LogP contribution < -0.4 is 0 Å². The Morgan fingerprint density at radius 2 is 2.15 bits per heavy atom. The van der Waals surface area contributed by atoms with Gasteiger partial charge in [0, 0.05) is 44.1 Å². The lowest BCUT2D eigenvalue weighted by Gasteiger charge is -2.30. The van der Waals surface area contributed by atoms with Crippen LogP contribution in [-0.2, 0) is 23.0 Å². The maximum absolute atomic E-state index is 12.9. The van der Waals surface area contributed by atoms with Crippen molar-refractivity contribution in [1.82, 2.24) is 19.6 Å². The number of hydrogen-bond donors (Lipinski definition) is 0. The topological polar surface area (TPSA) is 50.6 Å². The van der Waals surface area contributed by atoms with Gasteiger partial charge in [0.25, 0.3) is 0 Å². The predicted octanol–water partition coefficient (Wildman–Crippen LogP) is 1.54. The van der Waals surface area contributed by atoms with Crippen LogP contribution in [0.5, 0.6) is 0 Å². The molecule has 1 spiro atoms. The summed E-state index contributed by atoms with van der Waals surface area (Å²) in [4.78, 5) is 17.3. The van der Waals surface area contributed by atoms with Crippen LogP contribution in [0.25, 0.3) is 0 Å². The number of aryl methyl sites for hydroxylation is 2. The van der Waals surface area contributed by atoms with E-state index < -0.39 is 0 Å². The van der Waals surface area contributed by atoms with Gasteiger partial charge in [-0.25, -0.2) is 0 Å². The molecule has 3 saturated heterocycles. The molecule has 0 N–H and O–H groups in total. The highest BCUT2D eigenvalue weighted by Gasteiger charge is 2.63. The SMILES string of the molecule is Cc1nn(C)c(C)c1CCC(=O)N1C[C@H]2[C@@H](CN(C)C)[C@@H]3CC[C@@]2(C1)O3. The van der Waals surface area contributed by atoms with Crippen LogP contribution in [0.2, 0.25) is 0 Å². The van der Waals surface area contributed by atoms with Gasteiger partial charge in [0.05, 0.1) is 23.9 Å². The molecule has 1 aromatic rings. The Morgan fingerprint density at radius 3 is 2.81 bits per heavy atom. The van der Waals surface area contributed by atoms with Gasteiger partial charge in [-0.3, -0.25) is 9.48 Å². The van der Waals surface area contributed by atoms with Crippen molar-refractivity contribution < 1.29 is 9.53 Å². The lowest BCUT2D eigenvalue weighted by atomic mass is 9.73. The van der Waals surface area contributed by atoms with Gasteiger partial charge in [-0.1, -0.05) is 0 Å². The molecule has 4 heterocycles. The van der Waals surface area contributed by atoms with Crippen molar-refractivity contribution in [3.05, 3.63) is 17.0 Å². The van der Waals surface area contributed by atoms with Crippen molar-refractivity contribution in [2.24, 2.45) is 18.9 Å². The summed E-state index contributed by atoms with van der Waals surface area (Å²) in [6, 6.07) is 0. The van der Waals surface area contributed by atoms with E-state index in [0.717, 1.165) is 44.6 Å². The van der Waals surface area contributed by atoms with E-state index in [2.05, 4.69) is 35.9 Å². The number of nitrogens with zero attached hydrogens (tertiary/aromatic N) is 4. The van der Waals surface area contributed by atoms with Crippen LogP contribution in [0.15, 0.2) is 0 Å².